The fraction of sp³-hybridized carbons (Fsp3) is 0.0476. The van der Waals surface area contributed by atoms with Crippen LogP contribution in [0.4, 0.5) is 0 Å². The smallest absolute Gasteiger partial charge is 0.185 e. The molecule has 8 heteroatoms. The molecule has 0 aliphatic rings. The third-order valence-corrected chi connectivity index (χ3v) is 6.26. The molecular weight excluding hydrogens is 404 g/mol. The summed E-state index contributed by atoms with van der Waals surface area (Å²) in [6.45, 7) is 1.91. The summed E-state index contributed by atoms with van der Waals surface area (Å²) in [6.07, 6.45) is 3.86. The molecule has 0 aliphatic carbocycles. The summed E-state index contributed by atoms with van der Waals surface area (Å²) < 4.78 is 3.75. The average molecular weight is 417 g/mol. The van der Waals surface area contributed by atoms with Crippen molar-refractivity contribution in [2.24, 2.45) is 0 Å². The molecule has 0 N–H and O–H groups in total. The van der Waals surface area contributed by atoms with Crippen LogP contribution in [0.1, 0.15) is 5.82 Å². The fourth-order valence-corrected chi connectivity index (χ4v) is 4.68. The number of aryl methyl sites for hydroxylation is 1. The van der Waals surface area contributed by atoms with E-state index in [2.05, 4.69) is 34.5 Å². The second-order valence-electron chi connectivity index (χ2n) is 6.78. The first kappa shape index (κ1) is 16.6. The maximum atomic E-state index is 6.10. The Labute approximate surface area is 174 Å². The Kier molecular flexibility index (Phi) is 3.50. The van der Waals surface area contributed by atoms with E-state index in [0.29, 0.717) is 5.02 Å². The van der Waals surface area contributed by atoms with Crippen molar-refractivity contribution in [1.82, 2.24) is 29.2 Å². The lowest BCUT2D eigenvalue weighted by atomic mass is 10.1. The summed E-state index contributed by atoms with van der Waals surface area (Å²) >= 11 is 7.76. The molecule has 1 aromatic carbocycles. The number of hydrogen-bond donors (Lipinski definition) is 0. The van der Waals surface area contributed by atoms with Crippen LogP contribution in [-0.4, -0.2) is 29.2 Å². The number of aromatic nitrogens is 6. The van der Waals surface area contributed by atoms with E-state index in [-0.39, 0.29) is 0 Å². The molecule has 0 aliphatic heterocycles. The highest BCUT2D eigenvalue weighted by Crippen LogP contribution is 2.37. The number of imidazole rings is 1. The Morgan fingerprint density at radius 3 is 2.62 bits per heavy atom. The molecule has 0 fully saturated rings. The van der Waals surface area contributed by atoms with Crippen molar-refractivity contribution in [3.8, 4) is 21.1 Å². The van der Waals surface area contributed by atoms with Gasteiger partial charge < -0.3 is 4.40 Å². The van der Waals surface area contributed by atoms with Gasteiger partial charge in [0.25, 0.3) is 0 Å². The van der Waals surface area contributed by atoms with Crippen molar-refractivity contribution >= 4 is 45.0 Å². The summed E-state index contributed by atoms with van der Waals surface area (Å²) in [4.78, 5) is 6.86. The largest absolute Gasteiger partial charge is 0.305 e. The van der Waals surface area contributed by atoms with Crippen LogP contribution in [0.15, 0.2) is 60.9 Å². The Morgan fingerprint density at radius 2 is 1.72 bits per heavy atom. The maximum absolute atomic E-state index is 6.10. The van der Waals surface area contributed by atoms with Crippen LogP contribution in [0.25, 0.3) is 43.2 Å². The highest BCUT2D eigenvalue weighted by Gasteiger charge is 2.16. The third-order valence-electron chi connectivity index (χ3n) is 4.93. The summed E-state index contributed by atoms with van der Waals surface area (Å²) in [5.74, 6) is 0.765. The zero-order chi connectivity index (χ0) is 19.5. The van der Waals surface area contributed by atoms with Gasteiger partial charge in [-0.3, -0.25) is 0 Å². The number of benzene rings is 1. The highest BCUT2D eigenvalue weighted by molar-refractivity contribution is 7.18. The lowest BCUT2D eigenvalue weighted by molar-refractivity contribution is 0.887. The Morgan fingerprint density at radius 1 is 0.897 bits per heavy atom. The lowest BCUT2D eigenvalue weighted by Crippen LogP contribution is -1.98. The molecule has 140 valence electrons. The summed E-state index contributed by atoms with van der Waals surface area (Å²) in [7, 11) is 0. The van der Waals surface area contributed by atoms with Crippen molar-refractivity contribution in [3.05, 3.63) is 71.8 Å². The Hall–Kier alpha value is -3.29. The van der Waals surface area contributed by atoms with Gasteiger partial charge in [-0.1, -0.05) is 35.9 Å². The molecule has 0 bridgehead atoms. The quantitative estimate of drug-likeness (QED) is 0.385. The molecule has 29 heavy (non-hydrogen) atoms. The molecule has 0 unspecified atom stereocenters. The van der Waals surface area contributed by atoms with E-state index >= 15 is 0 Å². The van der Waals surface area contributed by atoms with Gasteiger partial charge in [0.05, 0.1) is 20.5 Å². The van der Waals surface area contributed by atoms with Crippen molar-refractivity contribution in [2.75, 3.05) is 0 Å². The fourth-order valence-electron chi connectivity index (χ4n) is 3.55. The van der Waals surface area contributed by atoms with E-state index in [0.717, 1.165) is 49.0 Å². The predicted octanol–water partition coefficient (Wildman–Crippen LogP) is 5.28. The van der Waals surface area contributed by atoms with Crippen molar-refractivity contribution in [3.63, 3.8) is 0 Å². The minimum Gasteiger partial charge on any atom is -0.305 e. The second-order valence-corrected chi connectivity index (χ2v) is 8.30. The molecule has 0 radical (unpaired) electrons. The molecule has 0 saturated heterocycles. The topological polar surface area (TPSA) is 60.4 Å². The zero-order valence-corrected chi connectivity index (χ0v) is 16.8. The van der Waals surface area contributed by atoms with E-state index in [1.807, 2.05) is 52.5 Å². The summed E-state index contributed by atoms with van der Waals surface area (Å²) in [5, 5.41) is 16.1. The molecular formula is C21H13ClN6S. The maximum Gasteiger partial charge on any atom is 0.185 e. The standard InChI is InChI=1S/C21H13ClN6S/c1-12-24-25-21-15-5-3-2-4-14(15)20(26-28(12)21)18-8-7-17(29-18)16-11-27-10-13(22)6-9-19(27)23-16/h2-11H,1H3. The lowest BCUT2D eigenvalue weighted by Gasteiger charge is -2.06. The van der Waals surface area contributed by atoms with Crippen molar-refractivity contribution in [2.45, 2.75) is 6.92 Å². The monoisotopic (exact) mass is 416 g/mol. The number of pyridine rings is 1. The molecule has 0 atom stereocenters. The molecule has 0 saturated carbocycles. The SMILES string of the molecule is Cc1nnc2c3ccccc3c(-c3ccc(-c4cn5cc(Cl)ccc5n4)s3)nn12. The van der Waals surface area contributed by atoms with Gasteiger partial charge in [0.1, 0.15) is 11.3 Å². The Balaban J connectivity index is 1.54. The number of nitrogens with zero attached hydrogens (tertiary/aromatic N) is 6. The van der Waals surface area contributed by atoms with Crippen LogP contribution >= 0.6 is 22.9 Å². The van der Waals surface area contributed by atoms with Crippen LogP contribution in [0, 0.1) is 6.92 Å². The first-order valence-corrected chi connectivity index (χ1v) is 10.2. The average Bonchev–Trinajstić information content (AvgIpc) is 3.45. The molecule has 6 nitrogen and oxygen atoms in total. The van der Waals surface area contributed by atoms with Crippen molar-refractivity contribution < 1.29 is 0 Å². The summed E-state index contributed by atoms with van der Waals surface area (Å²) in [6, 6.07) is 16.1. The van der Waals surface area contributed by atoms with Gasteiger partial charge in [-0.25, -0.2) is 4.98 Å². The molecule has 6 rings (SSSR count). The zero-order valence-electron chi connectivity index (χ0n) is 15.2. The number of halogens is 1. The Bertz CT molecular complexity index is 1540. The van der Waals surface area contributed by atoms with E-state index in [1.54, 1.807) is 11.3 Å². The van der Waals surface area contributed by atoms with Gasteiger partial charge in [-0.2, -0.15) is 9.61 Å². The van der Waals surface area contributed by atoms with Crippen LogP contribution in [-0.2, 0) is 0 Å². The van der Waals surface area contributed by atoms with E-state index in [4.69, 9.17) is 21.7 Å². The molecule has 5 aromatic heterocycles. The first-order chi connectivity index (χ1) is 14.2. The summed E-state index contributed by atoms with van der Waals surface area (Å²) in [5.41, 5.74) is 3.47. The van der Waals surface area contributed by atoms with Gasteiger partial charge in [0.2, 0.25) is 0 Å². The molecule has 0 spiro atoms. The number of thiophene rings is 1. The van der Waals surface area contributed by atoms with E-state index < -0.39 is 0 Å². The van der Waals surface area contributed by atoms with E-state index in [1.165, 1.54) is 0 Å². The van der Waals surface area contributed by atoms with Crippen LogP contribution in [0.3, 0.4) is 0 Å². The number of rotatable bonds is 2. The number of fused-ring (bicyclic) bond motifs is 4. The van der Waals surface area contributed by atoms with E-state index in [9.17, 15) is 0 Å². The minimum atomic E-state index is 0.682. The second kappa shape index (κ2) is 6.10. The normalized spacial score (nSPS) is 11.8. The van der Waals surface area contributed by atoms with Crippen LogP contribution in [0.5, 0.6) is 0 Å². The number of hydrogen-bond acceptors (Lipinski definition) is 5. The minimum absolute atomic E-state index is 0.682. The third kappa shape index (κ3) is 2.55. The van der Waals surface area contributed by atoms with Crippen LogP contribution < -0.4 is 0 Å². The van der Waals surface area contributed by atoms with Gasteiger partial charge in [-0.15, -0.1) is 21.5 Å². The molecule has 6 aromatic rings. The van der Waals surface area contributed by atoms with Crippen LogP contribution in [0.2, 0.25) is 5.02 Å². The van der Waals surface area contributed by atoms with Gasteiger partial charge in [-0.05, 0) is 31.2 Å². The molecule has 0 amide bonds. The van der Waals surface area contributed by atoms with Gasteiger partial charge in [0.15, 0.2) is 11.5 Å². The predicted molar refractivity (Wildman–Crippen MR) is 116 cm³/mol. The van der Waals surface area contributed by atoms with Gasteiger partial charge >= 0.3 is 0 Å². The molecule has 5 heterocycles. The highest BCUT2D eigenvalue weighted by atomic mass is 35.5. The van der Waals surface area contributed by atoms with Gasteiger partial charge in [0, 0.05) is 23.2 Å². The first-order valence-electron chi connectivity index (χ1n) is 9.03. The van der Waals surface area contributed by atoms with Crippen molar-refractivity contribution in [1.29, 1.82) is 0 Å².